The summed E-state index contributed by atoms with van der Waals surface area (Å²) in [5.74, 6) is -0.143. The Balaban J connectivity index is 1.54. The molecule has 1 fully saturated rings. The van der Waals surface area contributed by atoms with Gasteiger partial charge in [-0.15, -0.1) is 11.3 Å². The van der Waals surface area contributed by atoms with Crippen LogP contribution in [0, 0.1) is 5.95 Å². The van der Waals surface area contributed by atoms with Crippen molar-refractivity contribution in [3.63, 3.8) is 0 Å². The number of hydrogen-bond acceptors (Lipinski definition) is 5. The number of ether oxygens (including phenoxy) is 1. The Morgan fingerprint density at radius 3 is 3.21 bits per heavy atom. The Bertz CT molecular complexity index is 534. The Kier molecular flexibility index (Phi) is 3.70. The fourth-order valence-electron chi connectivity index (χ4n) is 2.21. The first-order valence-corrected chi connectivity index (χ1v) is 7.12. The summed E-state index contributed by atoms with van der Waals surface area (Å²) in [4.78, 5) is 10.3. The first kappa shape index (κ1) is 12.5. The van der Waals surface area contributed by atoms with Gasteiger partial charge in [0, 0.05) is 31.1 Å². The zero-order valence-electron chi connectivity index (χ0n) is 10.3. The van der Waals surface area contributed by atoms with Crippen LogP contribution in [-0.4, -0.2) is 34.1 Å². The summed E-state index contributed by atoms with van der Waals surface area (Å²) in [6.45, 7) is 2.65. The summed E-state index contributed by atoms with van der Waals surface area (Å²) in [6.07, 6.45) is 1.01. The largest absolute Gasteiger partial charge is 0.473 e. The molecule has 0 N–H and O–H groups in total. The maximum Gasteiger partial charge on any atom is 0.216 e. The lowest BCUT2D eigenvalue weighted by Gasteiger charge is -2.15. The van der Waals surface area contributed by atoms with Gasteiger partial charge in [0.05, 0.1) is 11.2 Å². The zero-order chi connectivity index (χ0) is 13.1. The number of nitrogens with zero attached hydrogens (tertiary/aromatic N) is 3. The molecule has 1 atom stereocenters. The van der Waals surface area contributed by atoms with Crippen molar-refractivity contribution < 1.29 is 9.13 Å². The molecule has 0 aliphatic carbocycles. The number of halogens is 1. The Hall–Kier alpha value is -1.53. The van der Waals surface area contributed by atoms with E-state index < -0.39 is 5.95 Å². The molecule has 1 unspecified atom stereocenters. The van der Waals surface area contributed by atoms with Crippen molar-refractivity contribution in [1.29, 1.82) is 0 Å². The van der Waals surface area contributed by atoms with Gasteiger partial charge in [0.2, 0.25) is 11.8 Å². The molecular formula is C13H14FN3OS. The van der Waals surface area contributed by atoms with Crippen LogP contribution in [0.3, 0.4) is 0 Å². The third-order valence-electron chi connectivity index (χ3n) is 3.08. The summed E-state index contributed by atoms with van der Waals surface area (Å²) >= 11 is 1.61. The molecule has 1 aliphatic heterocycles. The Morgan fingerprint density at radius 2 is 2.42 bits per heavy atom. The molecule has 0 spiro atoms. The highest BCUT2D eigenvalue weighted by Crippen LogP contribution is 2.18. The molecule has 0 aromatic carbocycles. The van der Waals surface area contributed by atoms with Gasteiger partial charge >= 0.3 is 0 Å². The lowest BCUT2D eigenvalue weighted by atomic mass is 10.3. The van der Waals surface area contributed by atoms with Crippen molar-refractivity contribution in [2.75, 3.05) is 13.1 Å². The first-order valence-electron chi connectivity index (χ1n) is 6.18. The Morgan fingerprint density at radius 1 is 1.47 bits per heavy atom. The van der Waals surface area contributed by atoms with E-state index in [1.165, 1.54) is 6.07 Å². The monoisotopic (exact) mass is 279 g/mol. The van der Waals surface area contributed by atoms with Gasteiger partial charge in [-0.25, -0.2) is 4.98 Å². The number of hydrogen-bond donors (Lipinski definition) is 0. The molecular weight excluding hydrogens is 265 g/mol. The van der Waals surface area contributed by atoms with Crippen LogP contribution in [0.2, 0.25) is 0 Å². The average molecular weight is 279 g/mol. The minimum atomic E-state index is -0.505. The van der Waals surface area contributed by atoms with Crippen molar-refractivity contribution in [3.05, 3.63) is 40.7 Å². The summed E-state index contributed by atoms with van der Waals surface area (Å²) in [5.41, 5.74) is 2.94. The molecule has 3 rings (SSSR count). The van der Waals surface area contributed by atoms with Gasteiger partial charge in [-0.05, 0) is 12.5 Å². The van der Waals surface area contributed by atoms with E-state index in [1.807, 2.05) is 5.51 Å². The van der Waals surface area contributed by atoms with Crippen LogP contribution in [0.15, 0.2) is 29.1 Å². The van der Waals surface area contributed by atoms with E-state index >= 15 is 0 Å². The predicted molar refractivity (Wildman–Crippen MR) is 70.6 cm³/mol. The lowest BCUT2D eigenvalue weighted by molar-refractivity contribution is 0.189. The van der Waals surface area contributed by atoms with E-state index in [-0.39, 0.29) is 6.10 Å². The van der Waals surface area contributed by atoms with Gasteiger partial charge in [-0.1, -0.05) is 6.07 Å². The smallest absolute Gasteiger partial charge is 0.216 e. The second-order valence-corrected chi connectivity index (χ2v) is 5.26. The van der Waals surface area contributed by atoms with Crippen molar-refractivity contribution in [1.82, 2.24) is 14.9 Å². The number of likely N-dealkylation sites (tertiary alicyclic amines) is 1. The van der Waals surface area contributed by atoms with Crippen molar-refractivity contribution in [2.45, 2.75) is 19.1 Å². The second kappa shape index (κ2) is 5.63. The standard InChI is InChI=1S/C13H14FN3OS/c14-12-2-1-3-13(16-12)18-11-4-5-17(7-11)6-10-8-19-9-15-10/h1-3,8-9,11H,4-7H2. The highest BCUT2D eigenvalue weighted by molar-refractivity contribution is 7.07. The maximum absolute atomic E-state index is 13.0. The minimum Gasteiger partial charge on any atom is -0.473 e. The molecule has 1 saturated heterocycles. The van der Waals surface area contributed by atoms with Gasteiger partial charge in [0.15, 0.2) is 0 Å². The SMILES string of the molecule is Fc1cccc(OC2CCN(Cc3cscn3)C2)n1. The average Bonchev–Trinajstić information content (AvgIpc) is 3.02. The summed E-state index contributed by atoms with van der Waals surface area (Å²) < 4.78 is 18.7. The molecule has 6 heteroatoms. The van der Waals surface area contributed by atoms with Gasteiger partial charge in [0.1, 0.15) is 6.10 Å². The summed E-state index contributed by atoms with van der Waals surface area (Å²) in [6, 6.07) is 4.61. The predicted octanol–water partition coefficient (Wildman–Crippen LogP) is 2.33. The fraction of sp³-hybridized carbons (Fsp3) is 0.385. The number of rotatable bonds is 4. The minimum absolute atomic E-state index is 0.0768. The summed E-state index contributed by atoms with van der Waals surface area (Å²) in [7, 11) is 0. The normalized spacial score (nSPS) is 19.7. The van der Waals surface area contributed by atoms with E-state index in [9.17, 15) is 4.39 Å². The van der Waals surface area contributed by atoms with E-state index in [4.69, 9.17) is 4.74 Å². The number of thiazole rings is 1. The third kappa shape index (κ3) is 3.27. The highest BCUT2D eigenvalue weighted by atomic mass is 32.1. The first-order chi connectivity index (χ1) is 9.29. The molecule has 100 valence electrons. The van der Waals surface area contributed by atoms with Gasteiger partial charge in [-0.3, -0.25) is 4.90 Å². The second-order valence-electron chi connectivity index (χ2n) is 4.54. The van der Waals surface area contributed by atoms with E-state index in [0.29, 0.717) is 5.88 Å². The van der Waals surface area contributed by atoms with Gasteiger partial charge in [0.25, 0.3) is 0 Å². The molecule has 0 amide bonds. The molecule has 19 heavy (non-hydrogen) atoms. The molecule has 2 aromatic rings. The molecule has 0 radical (unpaired) electrons. The van der Waals surface area contributed by atoms with E-state index in [2.05, 4.69) is 20.2 Å². The quantitative estimate of drug-likeness (QED) is 0.805. The highest BCUT2D eigenvalue weighted by Gasteiger charge is 2.24. The lowest BCUT2D eigenvalue weighted by Crippen LogP contribution is -2.24. The van der Waals surface area contributed by atoms with Crippen LogP contribution < -0.4 is 4.74 Å². The van der Waals surface area contributed by atoms with E-state index in [1.54, 1.807) is 23.5 Å². The fourth-order valence-corrected chi connectivity index (χ4v) is 2.76. The van der Waals surface area contributed by atoms with Crippen LogP contribution in [0.4, 0.5) is 4.39 Å². The van der Waals surface area contributed by atoms with Gasteiger partial charge < -0.3 is 4.74 Å². The summed E-state index contributed by atoms with van der Waals surface area (Å²) in [5, 5.41) is 2.06. The third-order valence-corrected chi connectivity index (χ3v) is 3.71. The molecule has 4 nitrogen and oxygen atoms in total. The number of aromatic nitrogens is 2. The van der Waals surface area contributed by atoms with Crippen LogP contribution >= 0.6 is 11.3 Å². The molecule has 0 bridgehead atoms. The topological polar surface area (TPSA) is 38.2 Å². The van der Waals surface area contributed by atoms with Crippen molar-refractivity contribution >= 4 is 11.3 Å². The molecule has 0 saturated carbocycles. The van der Waals surface area contributed by atoms with Crippen molar-refractivity contribution in [2.24, 2.45) is 0 Å². The number of pyridine rings is 1. The van der Waals surface area contributed by atoms with Crippen molar-refractivity contribution in [3.8, 4) is 5.88 Å². The van der Waals surface area contributed by atoms with Crippen LogP contribution in [0.5, 0.6) is 5.88 Å². The van der Waals surface area contributed by atoms with Crippen LogP contribution in [0.25, 0.3) is 0 Å². The molecule has 3 heterocycles. The Labute approximate surface area is 114 Å². The zero-order valence-corrected chi connectivity index (χ0v) is 11.1. The molecule has 2 aromatic heterocycles. The molecule has 1 aliphatic rings. The van der Waals surface area contributed by atoms with Gasteiger partial charge in [-0.2, -0.15) is 9.37 Å². The van der Waals surface area contributed by atoms with E-state index in [0.717, 1.165) is 31.7 Å². The van der Waals surface area contributed by atoms with Crippen LogP contribution in [0.1, 0.15) is 12.1 Å². The maximum atomic E-state index is 13.0. The van der Waals surface area contributed by atoms with Crippen LogP contribution in [-0.2, 0) is 6.54 Å².